The number of hydrogen-bond donors (Lipinski definition) is 1. The lowest BCUT2D eigenvalue weighted by atomic mass is 10.3. The summed E-state index contributed by atoms with van der Waals surface area (Å²) in [7, 11) is 0. The molecule has 1 fully saturated rings. The maximum Gasteiger partial charge on any atom is 0.255 e. The highest BCUT2D eigenvalue weighted by Gasteiger charge is 2.21. The standard InChI is InChI=1S/C5H9F2NO.ClH/c6-5(7)4-3-9-2-1-8-4;/h4-5,8H,1-3H2;1H. The number of halogens is 3. The van der Waals surface area contributed by atoms with Gasteiger partial charge in [-0.1, -0.05) is 0 Å². The molecule has 1 aliphatic heterocycles. The Labute approximate surface area is 64.3 Å². The number of ether oxygens (including phenoxy) is 1. The highest BCUT2D eigenvalue weighted by molar-refractivity contribution is 5.85. The molecule has 1 aliphatic rings. The Morgan fingerprint density at radius 3 is 2.50 bits per heavy atom. The van der Waals surface area contributed by atoms with Crippen LogP contribution >= 0.6 is 12.4 Å². The zero-order valence-corrected chi connectivity index (χ0v) is 6.16. The molecule has 1 atom stereocenters. The van der Waals surface area contributed by atoms with Gasteiger partial charge in [0.05, 0.1) is 19.3 Å². The van der Waals surface area contributed by atoms with E-state index in [4.69, 9.17) is 4.74 Å². The summed E-state index contributed by atoms with van der Waals surface area (Å²) in [6.07, 6.45) is -2.30. The van der Waals surface area contributed by atoms with Gasteiger partial charge >= 0.3 is 0 Å². The highest BCUT2D eigenvalue weighted by atomic mass is 35.5. The van der Waals surface area contributed by atoms with Crippen LogP contribution in [0.15, 0.2) is 0 Å². The van der Waals surface area contributed by atoms with Crippen molar-refractivity contribution in [2.75, 3.05) is 19.8 Å². The van der Waals surface area contributed by atoms with E-state index in [1.165, 1.54) is 0 Å². The zero-order chi connectivity index (χ0) is 6.69. The van der Waals surface area contributed by atoms with Gasteiger partial charge in [0.15, 0.2) is 0 Å². The van der Waals surface area contributed by atoms with Crippen LogP contribution in [0.2, 0.25) is 0 Å². The molecule has 0 aromatic rings. The van der Waals surface area contributed by atoms with E-state index in [-0.39, 0.29) is 19.0 Å². The minimum Gasteiger partial charge on any atom is -0.378 e. The van der Waals surface area contributed by atoms with Crippen molar-refractivity contribution >= 4 is 12.4 Å². The van der Waals surface area contributed by atoms with Crippen LogP contribution in [-0.4, -0.2) is 32.2 Å². The van der Waals surface area contributed by atoms with Gasteiger partial charge in [0.2, 0.25) is 0 Å². The lowest BCUT2D eigenvalue weighted by molar-refractivity contribution is 0.00349. The Kier molecular flexibility index (Phi) is 4.85. The van der Waals surface area contributed by atoms with Gasteiger partial charge in [-0.05, 0) is 0 Å². The van der Waals surface area contributed by atoms with Crippen molar-refractivity contribution in [1.29, 1.82) is 0 Å². The second-order valence-electron chi connectivity index (χ2n) is 1.97. The van der Waals surface area contributed by atoms with E-state index in [0.717, 1.165) is 0 Å². The van der Waals surface area contributed by atoms with Gasteiger partial charge < -0.3 is 10.1 Å². The topological polar surface area (TPSA) is 21.3 Å². The van der Waals surface area contributed by atoms with Crippen molar-refractivity contribution in [3.8, 4) is 0 Å². The van der Waals surface area contributed by atoms with E-state index < -0.39 is 12.5 Å². The maximum absolute atomic E-state index is 11.8. The van der Waals surface area contributed by atoms with Crippen LogP contribution in [-0.2, 0) is 4.74 Å². The summed E-state index contributed by atoms with van der Waals surface area (Å²) < 4.78 is 28.4. The first-order chi connectivity index (χ1) is 4.30. The summed E-state index contributed by atoms with van der Waals surface area (Å²) in [4.78, 5) is 0. The fourth-order valence-corrected chi connectivity index (χ4v) is 0.748. The van der Waals surface area contributed by atoms with E-state index in [9.17, 15) is 8.78 Å². The average molecular weight is 174 g/mol. The predicted octanol–water partition coefficient (Wildman–Crippen LogP) is 0.662. The molecule has 1 saturated heterocycles. The molecule has 1 rings (SSSR count). The molecule has 1 heterocycles. The summed E-state index contributed by atoms with van der Waals surface area (Å²) in [5.74, 6) is 0. The van der Waals surface area contributed by atoms with Crippen LogP contribution in [0.3, 0.4) is 0 Å². The highest BCUT2D eigenvalue weighted by Crippen LogP contribution is 2.03. The van der Waals surface area contributed by atoms with E-state index >= 15 is 0 Å². The van der Waals surface area contributed by atoms with Crippen LogP contribution in [0.4, 0.5) is 8.78 Å². The summed E-state index contributed by atoms with van der Waals surface area (Å²) in [6.45, 7) is 1.22. The Hall–Kier alpha value is 0.0700. The fraction of sp³-hybridized carbons (Fsp3) is 1.00. The third kappa shape index (κ3) is 2.77. The molecule has 5 heteroatoms. The fourth-order valence-electron chi connectivity index (χ4n) is 0.748. The van der Waals surface area contributed by atoms with Gasteiger partial charge in [-0.15, -0.1) is 12.4 Å². The molecular weight excluding hydrogens is 164 g/mol. The van der Waals surface area contributed by atoms with Crippen molar-refractivity contribution in [3.63, 3.8) is 0 Å². The molecule has 0 bridgehead atoms. The second-order valence-corrected chi connectivity index (χ2v) is 1.97. The van der Waals surface area contributed by atoms with Crippen LogP contribution < -0.4 is 5.32 Å². The normalized spacial score (nSPS) is 26.1. The first kappa shape index (κ1) is 10.1. The Morgan fingerprint density at radius 2 is 2.20 bits per heavy atom. The van der Waals surface area contributed by atoms with Gasteiger partial charge in [0.1, 0.15) is 0 Å². The first-order valence-electron chi connectivity index (χ1n) is 2.90. The molecule has 2 nitrogen and oxygen atoms in total. The molecule has 0 radical (unpaired) electrons. The van der Waals surface area contributed by atoms with Gasteiger partial charge in [-0.3, -0.25) is 0 Å². The minimum atomic E-state index is -2.30. The molecular formula is C5H10ClF2NO. The van der Waals surface area contributed by atoms with Gasteiger partial charge in [0, 0.05) is 6.54 Å². The number of hydrogen-bond acceptors (Lipinski definition) is 2. The second kappa shape index (κ2) is 4.82. The SMILES string of the molecule is Cl.FC(F)C1COCCN1. The predicted molar refractivity (Wildman–Crippen MR) is 35.9 cm³/mol. The lowest BCUT2D eigenvalue weighted by Gasteiger charge is -2.22. The van der Waals surface area contributed by atoms with Gasteiger partial charge in [0.25, 0.3) is 6.43 Å². The molecule has 0 aromatic carbocycles. The Bertz CT molecular complexity index is 87.7. The molecule has 0 aromatic heterocycles. The Balaban J connectivity index is 0.000000810. The number of rotatable bonds is 1. The van der Waals surface area contributed by atoms with E-state index in [1.54, 1.807) is 0 Å². The van der Waals surface area contributed by atoms with Crippen molar-refractivity contribution < 1.29 is 13.5 Å². The largest absolute Gasteiger partial charge is 0.378 e. The van der Waals surface area contributed by atoms with Crippen LogP contribution in [0, 0.1) is 0 Å². The molecule has 1 N–H and O–H groups in total. The van der Waals surface area contributed by atoms with E-state index in [2.05, 4.69) is 5.32 Å². The quantitative estimate of drug-likeness (QED) is 0.629. The zero-order valence-electron chi connectivity index (χ0n) is 5.35. The summed E-state index contributed by atoms with van der Waals surface area (Å²) in [6, 6.07) is -0.751. The van der Waals surface area contributed by atoms with Crippen LogP contribution in [0.5, 0.6) is 0 Å². The monoisotopic (exact) mass is 173 g/mol. The molecule has 62 valence electrons. The molecule has 0 saturated carbocycles. The van der Waals surface area contributed by atoms with Crippen molar-refractivity contribution in [2.24, 2.45) is 0 Å². The Morgan fingerprint density at radius 1 is 1.50 bits per heavy atom. The summed E-state index contributed by atoms with van der Waals surface area (Å²) in [5.41, 5.74) is 0. The third-order valence-electron chi connectivity index (χ3n) is 1.25. The first-order valence-corrected chi connectivity index (χ1v) is 2.90. The maximum atomic E-state index is 11.8. The molecule has 0 amide bonds. The van der Waals surface area contributed by atoms with Crippen LogP contribution in [0.1, 0.15) is 0 Å². The number of alkyl halides is 2. The van der Waals surface area contributed by atoms with Gasteiger partial charge in [-0.2, -0.15) is 0 Å². The number of morpholine rings is 1. The summed E-state index contributed by atoms with van der Waals surface area (Å²) in [5, 5.41) is 2.64. The molecule has 0 aliphatic carbocycles. The lowest BCUT2D eigenvalue weighted by Crippen LogP contribution is -2.45. The average Bonchev–Trinajstić information content (AvgIpc) is 1.90. The molecule has 1 unspecified atom stereocenters. The number of nitrogens with one attached hydrogen (secondary N) is 1. The van der Waals surface area contributed by atoms with Crippen molar-refractivity contribution in [1.82, 2.24) is 5.32 Å². The van der Waals surface area contributed by atoms with Crippen molar-refractivity contribution in [3.05, 3.63) is 0 Å². The molecule has 10 heavy (non-hydrogen) atoms. The van der Waals surface area contributed by atoms with Crippen molar-refractivity contribution in [2.45, 2.75) is 12.5 Å². The smallest absolute Gasteiger partial charge is 0.255 e. The third-order valence-corrected chi connectivity index (χ3v) is 1.25. The molecule has 0 spiro atoms. The summed E-state index contributed by atoms with van der Waals surface area (Å²) >= 11 is 0. The van der Waals surface area contributed by atoms with Crippen LogP contribution in [0.25, 0.3) is 0 Å². The van der Waals surface area contributed by atoms with E-state index in [1.807, 2.05) is 0 Å². The van der Waals surface area contributed by atoms with Gasteiger partial charge in [-0.25, -0.2) is 8.78 Å². The van der Waals surface area contributed by atoms with E-state index in [0.29, 0.717) is 13.2 Å². The minimum absolute atomic E-state index is 0.